The molecule has 138 valence electrons. The van der Waals surface area contributed by atoms with Gasteiger partial charge in [-0.1, -0.05) is 0 Å². The topological polar surface area (TPSA) is 73.2 Å². The Morgan fingerprint density at radius 1 is 1.44 bits per heavy atom. The van der Waals surface area contributed by atoms with Gasteiger partial charge in [0.05, 0.1) is 16.7 Å². The Kier molecular flexibility index (Phi) is 4.93. The highest BCUT2D eigenvalue weighted by Crippen LogP contribution is 2.35. The van der Waals surface area contributed by atoms with Gasteiger partial charge < -0.3 is 4.74 Å². The van der Waals surface area contributed by atoms with Crippen molar-refractivity contribution in [2.75, 3.05) is 13.2 Å². The number of hydrogen-bond donors (Lipinski definition) is 1. The van der Waals surface area contributed by atoms with Crippen molar-refractivity contribution in [3.8, 4) is 10.6 Å². The summed E-state index contributed by atoms with van der Waals surface area (Å²) in [5, 5.41) is 3.44. The maximum atomic E-state index is 12.7. The van der Waals surface area contributed by atoms with E-state index < -0.39 is 21.9 Å². The Morgan fingerprint density at radius 2 is 2.20 bits per heavy atom. The summed E-state index contributed by atoms with van der Waals surface area (Å²) >= 11 is 0.894. The van der Waals surface area contributed by atoms with Gasteiger partial charge in [0.15, 0.2) is 5.69 Å². The quantitative estimate of drug-likeness (QED) is 0.845. The van der Waals surface area contributed by atoms with Crippen molar-refractivity contribution >= 4 is 21.4 Å². The molecule has 1 atom stereocenters. The Morgan fingerprint density at radius 3 is 2.80 bits per heavy atom. The molecule has 0 saturated carbocycles. The third-order valence-electron chi connectivity index (χ3n) is 3.79. The van der Waals surface area contributed by atoms with Crippen molar-refractivity contribution in [3.63, 3.8) is 0 Å². The third-order valence-corrected chi connectivity index (χ3v) is 6.82. The standard InChI is InChI=1S/C14H16F3N3O3S2/c1-20-10(7-12(19-20)14(15,16)17)11-4-5-13(24-11)25(21,22)18-8-9-3-2-6-23-9/h4-5,7,9,18H,2-3,6,8H2,1H3. The van der Waals surface area contributed by atoms with Crippen LogP contribution in [-0.4, -0.2) is 37.5 Å². The normalized spacial score (nSPS) is 18.8. The molecular formula is C14H16F3N3O3S2. The third kappa shape index (κ3) is 4.05. The van der Waals surface area contributed by atoms with Gasteiger partial charge in [0, 0.05) is 20.2 Å². The summed E-state index contributed by atoms with van der Waals surface area (Å²) in [6, 6.07) is 3.75. The zero-order valence-electron chi connectivity index (χ0n) is 13.2. The second-order valence-corrected chi connectivity index (χ2v) is 8.72. The van der Waals surface area contributed by atoms with Crippen molar-refractivity contribution in [1.82, 2.24) is 14.5 Å². The first kappa shape index (κ1) is 18.4. The van der Waals surface area contributed by atoms with Crippen molar-refractivity contribution in [2.45, 2.75) is 29.3 Å². The van der Waals surface area contributed by atoms with Gasteiger partial charge in [-0.15, -0.1) is 11.3 Å². The van der Waals surface area contributed by atoms with Crippen LogP contribution >= 0.6 is 11.3 Å². The Bertz CT molecular complexity index is 852. The van der Waals surface area contributed by atoms with E-state index in [9.17, 15) is 21.6 Å². The average molecular weight is 395 g/mol. The van der Waals surface area contributed by atoms with Gasteiger partial charge in [-0.05, 0) is 31.0 Å². The zero-order chi connectivity index (χ0) is 18.2. The first-order chi connectivity index (χ1) is 11.7. The van der Waals surface area contributed by atoms with Crippen LogP contribution in [0, 0.1) is 0 Å². The largest absolute Gasteiger partial charge is 0.435 e. The molecule has 1 aliphatic heterocycles. The lowest BCUT2D eigenvalue weighted by atomic mass is 10.2. The molecule has 1 aliphatic rings. The fourth-order valence-corrected chi connectivity index (χ4v) is 4.98. The van der Waals surface area contributed by atoms with E-state index in [0.29, 0.717) is 11.5 Å². The van der Waals surface area contributed by atoms with Crippen molar-refractivity contribution in [3.05, 3.63) is 23.9 Å². The summed E-state index contributed by atoms with van der Waals surface area (Å²) in [5.74, 6) is 0. The van der Waals surface area contributed by atoms with Crippen molar-refractivity contribution < 1.29 is 26.3 Å². The molecule has 1 N–H and O–H groups in total. The smallest absolute Gasteiger partial charge is 0.377 e. The lowest BCUT2D eigenvalue weighted by Gasteiger charge is -2.10. The van der Waals surface area contributed by atoms with Crippen LogP contribution in [-0.2, 0) is 28.0 Å². The van der Waals surface area contributed by atoms with Crippen LogP contribution in [0.15, 0.2) is 22.4 Å². The van der Waals surface area contributed by atoms with Crippen LogP contribution in [0.25, 0.3) is 10.6 Å². The van der Waals surface area contributed by atoms with Gasteiger partial charge in [0.2, 0.25) is 10.0 Å². The summed E-state index contributed by atoms with van der Waals surface area (Å²) in [4.78, 5) is 0.392. The number of hydrogen-bond acceptors (Lipinski definition) is 5. The fraction of sp³-hybridized carbons (Fsp3) is 0.500. The van der Waals surface area contributed by atoms with Crippen molar-refractivity contribution in [2.24, 2.45) is 7.05 Å². The molecule has 1 fully saturated rings. The van der Waals surface area contributed by atoms with E-state index in [4.69, 9.17) is 4.74 Å². The molecule has 0 bridgehead atoms. The van der Waals surface area contributed by atoms with E-state index in [1.54, 1.807) is 0 Å². The number of nitrogens with one attached hydrogen (secondary N) is 1. The minimum Gasteiger partial charge on any atom is -0.377 e. The number of halogens is 3. The molecule has 0 aliphatic carbocycles. The van der Waals surface area contributed by atoms with Gasteiger partial charge >= 0.3 is 6.18 Å². The molecule has 2 aromatic rings. The maximum Gasteiger partial charge on any atom is 0.435 e. The number of ether oxygens (including phenoxy) is 1. The number of rotatable bonds is 5. The molecule has 1 saturated heterocycles. The Labute approximate surface area is 146 Å². The van der Waals surface area contributed by atoms with Gasteiger partial charge in [0.1, 0.15) is 4.21 Å². The zero-order valence-corrected chi connectivity index (χ0v) is 14.8. The molecule has 11 heteroatoms. The van der Waals surface area contributed by atoms with E-state index in [0.717, 1.165) is 34.9 Å². The van der Waals surface area contributed by atoms with Crippen molar-refractivity contribution in [1.29, 1.82) is 0 Å². The summed E-state index contributed by atoms with van der Waals surface area (Å²) in [6.07, 6.45) is -2.99. The monoisotopic (exact) mass is 395 g/mol. The number of nitrogens with zero attached hydrogens (tertiary/aromatic N) is 2. The number of thiophene rings is 1. The molecule has 0 spiro atoms. The van der Waals surface area contributed by atoms with Gasteiger partial charge in [-0.2, -0.15) is 18.3 Å². The first-order valence-electron chi connectivity index (χ1n) is 7.49. The first-order valence-corrected chi connectivity index (χ1v) is 9.79. The highest BCUT2D eigenvalue weighted by molar-refractivity contribution is 7.91. The molecule has 3 rings (SSSR count). The van der Waals surface area contributed by atoms with Gasteiger partial charge in [-0.3, -0.25) is 4.68 Å². The lowest BCUT2D eigenvalue weighted by molar-refractivity contribution is -0.141. The minimum absolute atomic E-state index is 0.0373. The highest BCUT2D eigenvalue weighted by atomic mass is 32.2. The second-order valence-electron chi connectivity index (χ2n) is 5.64. The Balaban J connectivity index is 1.78. The summed E-state index contributed by atoms with van der Waals surface area (Å²) in [7, 11) is -2.35. The molecule has 0 amide bonds. The molecule has 3 heterocycles. The van der Waals surface area contributed by atoms with Crippen LogP contribution in [0.1, 0.15) is 18.5 Å². The molecule has 25 heavy (non-hydrogen) atoms. The highest BCUT2D eigenvalue weighted by Gasteiger charge is 2.35. The minimum atomic E-state index is -4.55. The molecular weight excluding hydrogens is 379 g/mol. The fourth-order valence-electron chi connectivity index (χ4n) is 2.52. The number of aromatic nitrogens is 2. The predicted octanol–water partition coefficient (Wildman–Crippen LogP) is 2.62. The van der Waals surface area contributed by atoms with Crippen LogP contribution in [0.3, 0.4) is 0 Å². The van der Waals surface area contributed by atoms with Crippen LogP contribution in [0.5, 0.6) is 0 Å². The van der Waals surface area contributed by atoms with E-state index in [-0.39, 0.29) is 22.6 Å². The van der Waals surface area contributed by atoms with E-state index in [2.05, 4.69) is 9.82 Å². The molecule has 2 aromatic heterocycles. The van der Waals surface area contributed by atoms with E-state index in [1.807, 2.05) is 0 Å². The summed E-state index contributed by atoms with van der Waals surface area (Å²) in [5.41, 5.74) is -0.808. The lowest BCUT2D eigenvalue weighted by Crippen LogP contribution is -2.31. The van der Waals surface area contributed by atoms with Crippen LogP contribution in [0.2, 0.25) is 0 Å². The SMILES string of the molecule is Cn1nc(C(F)(F)F)cc1-c1ccc(S(=O)(=O)NCC2CCCO2)s1. The van der Waals surface area contributed by atoms with Gasteiger partial charge in [-0.25, -0.2) is 13.1 Å². The average Bonchev–Trinajstić information content (AvgIpc) is 3.24. The maximum absolute atomic E-state index is 12.7. The molecule has 6 nitrogen and oxygen atoms in total. The van der Waals surface area contributed by atoms with Crippen LogP contribution in [0.4, 0.5) is 13.2 Å². The number of alkyl halides is 3. The Hall–Kier alpha value is -1.43. The summed E-state index contributed by atoms with van der Waals surface area (Å²) < 4.78 is 71.9. The summed E-state index contributed by atoms with van der Waals surface area (Å²) in [6.45, 7) is 0.803. The number of sulfonamides is 1. The van der Waals surface area contributed by atoms with Gasteiger partial charge in [0.25, 0.3) is 0 Å². The van der Waals surface area contributed by atoms with E-state index in [1.165, 1.54) is 19.2 Å². The van der Waals surface area contributed by atoms with Crippen LogP contribution < -0.4 is 4.72 Å². The predicted molar refractivity (Wildman–Crippen MR) is 85.7 cm³/mol. The number of aryl methyl sites for hydroxylation is 1. The second kappa shape index (κ2) is 6.71. The molecule has 1 unspecified atom stereocenters. The molecule has 0 aromatic carbocycles. The molecule has 0 radical (unpaired) electrons. The van der Waals surface area contributed by atoms with E-state index >= 15 is 0 Å².